The van der Waals surface area contributed by atoms with Crippen molar-refractivity contribution in [1.82, 2.24) is 9.55 Å². The van der Waals surface area contributed by atoms with E-state index in [2.05, 4.69) is 0 Å². The Balaban J connectivity index is 0.00000144. The Morgan fingerprint density at radius 1 is 1.18 bits per heavy atom. The molecule has 1 aromatic carbocycles. The Labute approximate surface area is 117 Å². The minimum absolute atomic E-state index is 0. The average molecular weight is 244 g/mol. The van der Waals surface area contributed by atoms with Gasteiger partial charge in [-0.2, -0.15) is 0 Å². The van der Waals surface area contributed by atoms with E-state index in [1.165, 1.54) is 12.1 Å². The van der Waals surface area contributed by atoms with Crippen molar-refractivity contribution < 1.29 is 39.1 Å². The first-order valence-electron chi connectivity index (χ1n) is 4.37. The number of halogens is 1. The predicted octanol–water partition coefficient (Wildman–Crippen LogP) is -3.26. The largest absolute Gasteiger partial charge is 1.00 e. The summed E-state index contributed by atoms with van der Waals surface area (Å²) >= 11 is 0. The van der Waals surface area contributed by atoms with Gasteiger partial charge in [-0.1, -0.05) is 0 Å². The van der Waals surface area contributed by atoms with Crippen molar-refractivity contribution in [2.24, 2.45) is 0 Å². The molecule has 5 nitrogen and oxygen atoms in total. The third-order valence-electron chi connectivity index (χ3n) is 1.99. The maximum Gasteiger partial charge on any atom is 1.00 e. The van der Waals surface area contributed by atoms with Gasteiger partial charge in [-0.15, -0.1) is 0 Å². The molecule has 0 saturated heterocycles. The molecule has 1 aromatic heterocycles. The van der Waals surface area contributed by atoms with Crippen molar-refractivity contribution in [3.05, 3.63) is 57.0 Å². The number of hydrogen-bond donors (Lipinski definition) is 1. The molecule has 0 unspecified atom stereocenters. The Morgan fingerprint density at radius 3 is 2.29 bits per heavy atom. The molecule has 0 bridgehead atoms. The normalized spacial score (nSPS) is 9.71. The number of nitrogens with one attached hydrogen (secondary N) is 1. The van der Waals surface area contributed by atoms with Crippen molar-refractivity contribution in [3.8, 4) is 11.6 Å². The van der Waals surface area contributed by atoms with Crippen LogP contribution in [0.1, 0.15) is 0 Å². The van der Waals surface area contributed by atoms with Crippen LogP contribution in [0.3, 0.4) is 0 Å². The molecule has 0 spiro atoms. The number of aromatic amines is 1. The van der Waals surface area contributed by atoms with E-state index in [1.54, 1.807) is 0 Å². The zero-order chi connectivity index (χ0) is 11.7. The molecule has 0 aliphatic rings. The Bertz CT molecular complexity index is 633. The third-order valence-corrected chi connectivity index (χ3v) is 1.99. The molecule has 0 saturated carbocycles. The smallest absolute Gasteiger partial charge is 0.859 e. The second-order valence-electron chi connectivity index (χ2n) is 3.09. The van der Waals surface area contributed by atoms with E-state index in [-0.39, 0.29) is 35.2 Å². The quantitative estimate of drug-likeness (QED) is 0.535. The maximum absolute atomic E-state index is 12.6. The van der Waals surface area contributed by atoms with E-state index in [0.29, 0.717) is 0 Å². The van der Waals surface area contributed by atoms with Gasteiger partial charge >= 0.3 is 35.2 Å². The average Bonchev–Trinajstić information content (AvgIpc) is 2.19. The van der Waals surface area contributed by atoms with Gasteiger partial charge in [0, 0.05) is 11.8 Å². The van der Waals surface area contributed by atoms with Crippen molar-refractivity contribution in [3.63, 3.8) is 0 Å². The summed E-state index contributed by atoms with van der Waals surface area (Å²) in [6, 6.07) is 5.54. The van der Waals surface area contributed by atoms with E-state index in [0.717, 1.165) is 22.8 Å². The van der Waals surface area contributed by atoms with Gasteiger partial charge < -0.3 is 5.11 Å². The van der Waals surface area contributed by atoms with E-state index < -0.39 is 22.9 Å². The van der Waals surface area contributed by atoms with Gasteiger partial charge in [-0.05, 0) is 30.1 Å². The van der Waals surface area contributed by atoms with E-state index >= 15 is 0 Å². The van der Waals surface area contributed by atoms with Crippen molar-refractivity contribution in [1.29, 1.82) is 0 Å². The Morgan fingerprint density at radius 2 is 1.76 bits per heavy atom. The van der Waals surface area contributed by atoms with E-state index in [9.17, 15) is 19.1 Å². The maximum atomic E-state index is 12.6. The summed E-state index contributed by atoms with van der Waals surface area (Å²) < 4.78 is 13.4. The molecule has 0 amide bonds. The Hall–Kier alpha value is -1.37. The van der Waals surface area contributed by atoms with Crippen LogP contribution in [-0.2, 0) is 0 Å². The monoisotopic (exact) mass is 244 g/mol. The van der Waals surface area contributed by atoms with Crippen molar-refractivity contribution >= 4 is 0 Å². The second kappa shape index (κ2) is 5.31. The summed E-state index contributed by atoms with van der Waals surface area (Å²) in [4.78, 5) is 24.1. The summed E-state index contributed by atoms with van der Waals surface area (Å²) in [5.41, 5.74) is -1.40. The fourth-order valence-electron chi connectivity index (χ4n) is 1.31. The predicted molar refractivity (Wildman–Crippen MR) is 52.1 cm³/mol. The molecule has 0 radical (unpaired) electrons. The molecule has 1 heterocycles. The topological polar surface area (TPSA) is 77.9 Å². The first kappa shape index (κ1) is 13.7. The van der Waals surface area contributed by atoms with Crippen LogP contribution < -0.4 is 45.9 Å². The zero-order valence-corrected chi connectivity index (χ0v) is 10.9. The summed E-state index contributed by atoms with van der Waals surface area (Å²) in [6.07, 6.45) is 0. The van der Waals surface area contributed by atoms with Gasteiger partial charge in [-0.25, -0.2) is 9.18 Å². The van der Waals surface area contributed by atoms with Gasteiger partial charge in [0.1, 0.15) is 5.82 Å². The van der Waals surface area contributed by atoms with Gasteiger partial charge in [0.15, 0.2) is 0 Å². The van der Waals surface area contributed by atoms with Crippen LogP contribution >= 0.6 is 0 Å². The first-order valence-corrected chi connectivity index (χ1v) is 4.37. The number of rotatable bonds is 1. The molecule has 0 aliphatic carbocycles. The molecule has 1 N–H and O–H groups in total. The van der Waals surface area contributed by atoms with Crippen LogP contribution in [0.4, 0.5) is 4.39 Å². The minimum Gasteiger partial charge on any atom is -0.859 e. The van der Waals surface area contributed by atoms with Crippen LogP contribution in [0.2, 0.25) is 0 Å². The van der Waals surface area contributed by atoms with Crippen LogP contribution in [-0.4, -0.2) is 9.55 Å². The molecule has 17 heavy (non-hydrogen) atoms. The van der Waals surface area contributed by atoms with Gasteiger partial charge in [0.2, 0.25) is 0 Å². The van der Waals surface area contributed by atoms with Crippen LogP contribution in [0.5, 0.6) is 5.88 Å². The molecule has 0 fully saturated rings. The van der Waals surface area contributed by atoms with Crippen molar-refractivity contribution in [2.45, 2.75) is 0 Å². The number of benzene rings is 1. The molecule has 0 atom stereocenters. The molecular formula is C10H6FN2NaO3. The molecular weight excluding hydrogens is 238 g/mol. The van der Waals surface area contributed by atoms with Gasteiger partial charge in [-0.3, -0.25) is 14.3 Å². The fourth-order valence-corrected chi connectivity index (χ4v) is 1.31. The number of nitrogens with zero attached hydrogens (tertiary/aromatic N) is 1. The number of H-pyrrole nitrogens is 1. The standard InChI is InChI=1S/C10H7FN2O3.Na/c11-6-1-3-7(4-2-6)13-9(15)5-8(14)12-10(13)16;/h1-5,15H,(H,12,14,16);/q;+1/p-1. The molecule has 2 aromatic rings. The summed E-state index contributed by atoms with van der Waals surface area (Å²) in [5.74, 6) is -1.23. The van der Waals surface area contributed by atoms with Gasteiger partial charge in [0.25, 0.3) is 5.56 Å². The van der Waals surface area contributed by atoms with Crippen LogP contribution in [0.25, 0.3) is 5.69 Å². The zero-order valence-electron chi connectivity index (χ0n) is 8.94. The van der Waals surface area contributed by atoms with E-state index in [4.69, 9.17) is 0 Å². The fraction of sp³-hybridized carbons (Fsp3) is 0. The van der Waals surface area contributed by atoms with Crippen molar-refractivity contribution in [2.75, 3.05) is 0 Å². The molecule has 2 rings (SSSR count). The second-order valence-corrected chi connectivity index (χ2v) is 3.09. The first-order chi connectivity index (χ1) is 7.58. The van der Waals surface area contributed by atoms with Crippen LogP contribution in [0, 0.1) is 5.82 Å². The third kappa shape index (κ3) is 2.85. The Kier molecular flexibility index (Phi) is 4.28. The number of hydrogen-bond acceptors (Lipinski definition) is 3. The summed E-state index contributed by atoms with van der Waals surface area (Å²) in [6.45, 7) is 0. The van der Waals surface area contributed by atoms with Crippen LogP contribution in [0.15, 0.2) is 39.9 Å². The van der Waals surface area contributed by atoms with E-state index in [1.807, 2.05) is 4.98 Å². The molecule has 7 heteroatoms. The summed E-state index contributed by atoms with van der Waals surface area (Å²) in [5, 5.41) is 11.4. The SMILES string of the molecule is O=c1cc([O-])n(-c2ccc(F)cc2)c(=O)[nH]1.[Na+]. The molecule has 0 aliphatic heterocycles. The van der Waals surface area contributed by atoms with Gasteiger partial charge in [0.05, 0.1) is 0 Å². The number of aromatic nitrogens is 2. The minimum atomic E-state index is -0.843. The summed E-state index contributed by atoms with van der Waals surface area (Å²) in [7, 11) is 0. The molecule has 82 valence electrons.